The van der Waals surface area contributed by atoms with Crippen molar-refractivity contribution in [3.63, 3.8) is 0 Å². The van der Waals surface area contributed by atoms with E-state index in [1.54, 1.807) is 44.2 Å². The first-order chi connectivity index (χ1) is 18.6. The Morgan fingerprint density at radius 3 is 2.28 bits per heavy atom. The number of sulfonamides is 1. The van der Waals surface area contributed by atoms with E-state index >= 15 is 0 Å². The molecule has 0 aliphatic rings. The quantitative estimate of drug-likeness (QED) is 0.318. The zero-order chi connectivity index (χ0) is 28.6. The molecule has 3 aromatic rings. The predicted octanol–water partition coefficient (Wildman–Crippen LogP) is 5.32. The highest BCUT2D eigenvalue weighted by atomic mass is 35.5. The molecule has 0 spiro atoms. The smallest absolute Gasteiger partial charge is 0.264 e. The van der Waals surface area contributed by atoms with Crippen LogP contribution < -0.4 is 9.62 Å². The number of rotatable bonds is 12. The molecule has 0 saturated carbocycles. The second kappa shape index (κ2) is 13.6. The van der Waals surface area contributed by atoms with Gasteiger partial charge in [-0.1, -0.05) is 61.8 Å². The van der Waals surface area contributed by atoms with E-state index in [-0.39, 0.29) is 23.0 Å². The van der Waals surface area contributed by atoms with Gasteiger partial charge in [0.05, 0.1) is 10.6 Å². The number of amides is 2. The van der Waals surface area contributed by atoms with Gasteiger partial charge in [-0.25, -0.2) is 12.8 Å². The SMILES string of the molecule is CCCNC(=O)C(CC)N(Cc1ccc(F)cc1)C(=O)CN(c1cc(Cl)ccc1C)S(=O)(=O)c1ccccc1. The Balaban J connectivity index is 2.07. The lowest BCUT2D eigenvalue weighted by Gasteiger charge is -2.33. The van der Waals surface area contributed by atoms with Crippen LogP contribution in [-0.4, -0.2) is 44.3 Å². The molecule has 1 atom stereocenters. The van der Waals surface area contributed by atoms with Crippen LogP contribution in [0.1, 0.15) is 37.8 Å². The lowest BCUT2D eigenvalue weighted by atomic mass is 10.1. The lowest BCUT2D eigenvalue weighted by molar-refractivity contribution is -0.140. The summed E-state index contributed by atoms with van der Waals surface area (Å²) >= 11 is 6.24. The van der Waals surface area contributed by atoms with E-state index in [0.717, 1.165) is 4.31 Å². The van der Waals surface area contributed by atoms with Crippen molar-refractivity contribution in [1.82, 2.24) is 10.2 Å². The van der Waals surface area contributed by atoms with Crippen LogP contribution in [0.3, 0.4) is 0 Å². The molecule has 1 unspecified atom stereocenters. The molecule has 0 radical (unpaired) electrons. The van der Waals surface area contributed by atoms with Crippen molar-refractivity contribution in [2.45, 2.75) is 51.1 Å². The number of carbonyl (C=O) groups is 2. The summed E-state index contributed by atoms with van der Waals surface area (Å²) in [5, 5.41) is 3.14. The molecule has 0 aliphatic carbocycles. The fraction of sp³-hybridized carbons (Fsp3) is 0.310. The van der Waals surface area contributed by atoms with Crippen molar-refractivity contribution in [3.05, 3.63) is 94.8 Å². The fourth-order valence-electron chi connectivity index (χ4n) is 4.16. The maximum atomic E-state index is 14.0. The summed E-state index contributed by atoms with van der Waals surface area (Å²) in [5.74, 6) is -1.36. The zero-order valence-corrected chi connectivity index (χ0v) is 23.8. The van der Waals surface area contributed by atoms with Gasteiger partial charge in [-0.3, -0.25) is 13.9 Å². The summed E-state index contributed by atoms with van der Waals surface area (Å²) in [5.41, 5.74) is 1.46. The van der Waals surface area contributed by atoms with Gasteiger partial charge in [0.2, 0.25) is 11.8 Å². The number of halogens is 2. The van der Waals surface area contributed by atoms with Gasteiger partial charge in [-0.15, -0.1) is 0 Å². The largest absolute Gasteiger partial charge is 0.354 e. The molecule has 2 amide bonds. The van der Waals surface area contributed by atoms with Gasteiger partial charge >= 0.3 is 0 Å². The van der Waals surface area contributed by atoms with E-state index in [4.69, 9.17) is 11.6 Å². The molecule has 39 heavy (non-hydrogen) atoms. The van der Waals surface area contributed by atoms with Gasteiger partial charge in [0.25, 0.3) is 10.0 Å². The van der Waals surface area contributed by atoms with Crippen LogP contribution in [0, 0.1) is 12.7 Å². The molecule has 10 heteroatoms. The lowest BCUT2D eigenvalue weighted by Crippen LogP contribution is -2.52. The third-order valence-electron chi connectivity index (χ3n) is 6.25. The molecular weight excluding hydrogens is 541 g/mol. The van der Waals surface area contributed by atoms with Crippen LogP contribution in [0.25, 0.3) is 0 Å². The van der Waals surface area contributed by atoms with Crippen LogP contribution in [-0.2, 0) is 26.2 Å². The first-order valence-corrected chi connectivity index (χ1v) is 14.6. The summed E-state index contributed by atoms with van der Waals surface area (Å²) < 4.78 is 42.3. The highest BCUT2D eigenvalue weighted by molar-refractivity contribution is 7.92. The van der Waals surface area contributed by atoms with Crippen LogP contribution in [0.2, 0.25) is 5.02 Å². The van der Waals surface area contributed by atoms with Gasteiger partial charge in [-0.05, 0) is 67.3 Å². The van der Waals surface area contributed by atoms with Crippen LogP contribution in [0.15, 0.2) is 77.7 Å². The van der Waals surface area contributed by atoms with Crippen molar-refractivity contribution in [2.75, 3.05) is 17.4 Å². The zero-order valence-electron chi connectivity index (χ0n) is 22.2. The Morgan fingerprint density at radius 1 is 1.00 bits per heavy atom. The molecule has 0 saturated heterocycles. The number of hydrogen-bond donors (Lipinski definition) is 1. The number of aryl methyl sites for hydroxylation is 1. The highest BCUT2D eigenvalue weighted by Gasteiger charge is 2.34. The Labute approximate surface area is 234 Å². The Morgan fingerprint density at radius 2 is 1.67 bits per heavy atom. The molecule has 0 aromatic heterocycles. The molecule has 3 aromatic carbocycles. The minimum Gasteiger partial charge on any atom is -0.354 e. The average molecular weight is 574 g/mol. The molecule has 0 bridgehead atoms. The van der Waals surface area contributed by atoms with E-state index < -0.39 is 34.3 Å². The number of carbonyl (C=O) groups excluding carboxylic acids is 2. The maximum absolute atomic E-state index is 14.0. The average Bonchev–Trinajstić information content (AvgIpc) is 2.93. The summed E-state index contributed by atoms with van der Waals surface area (Å²) in [4.78, 5) is 28.4. The van der Waals surface area contributed by atoms with E-state index in [1.165, 1.54) is 47.4 Å². The monoisotopic (exact) mass is 573 g/mol. The van der Waals surface area contributed by atoms with Crippen LogP contribution in [0.5, 0.6) is 0 Å². The molecule has 3 rings (SSSR count). The molecule has 0 aliphatic heterocycles. The minimum atomic E-state index is -4.19. The van der Waals surface area contributed by atoms with Crippen LogP contribution >= 0.6 is 11.6 Å². The highest BCUT2D eigenvalue weighted by Crippen LogP contribution is 2.30. The molecule has 0 fully saturated rings. The summed E-state index contributed by atoms with van der Waals surface area (Å²) in [6, 6.07) is 17.4. The Bertz CT molecular complexity index is 1390. The van der Waals surface area contributed by atoms with Crippen molar-refractivity contribution in [1.29, 1.82) is 0 Å². The third-order valence-corrected chi connectivity index (χ3v) is 8.26. The minimum absolute atomic E-state index is 0.00901. The first kappa shape index (κ1) is 30.1. The summed E-state index contributed by atoms with van der Waals surface area (Å²) in [7, 11) is -4.19. The van der Waals surface area contributed by atoms with E-state index in [1.807, 2.05) is 6.92 Å². The topological polar surface area (TPSA) is 86.8 Å². The molecule has 0 heterocycles. The molecule has 1 N–H and O–H groups in total. The molecule has 7 nitrogen and oxygen atoms in total. The van der Waals surface area contributed by atoms with Gasteiger partial charge in [0, 0.05) is 18.1 Å². The molecule has 208 valence electrons. The molecular formula is C29H33ClFN3O4S. The third kappa shape index (κ3) is 7.58. The number of benzene rings is 3. The number of nitrogens with one attached hydrogen (secondary N) is 1. The van der Waals surface area contributed by atoms with Gasteiger partial charge in [0.1, 0.15) is 18.4 Å². The van der Waals surface area contributed by atoms with Crippen LogP contribution in [0.4, 0.5) is 10.1 Å². The van der Waals surface area contributed by atoms with E-state index in [9.17, 15) is 22.4 Å². The second-order valence-electron chi connectivity index (χ2n) is 9.12. The van der Waals surface area contributed by atoms with Crippen molar-refractivity contribution >= 4 is 39.1 Å². The summed E-state index contributed by atoms with van der Waals surface area (Å²) in [6.07, 6.45) is 1.01. The first-order valence-electron chi connectivity index (χ1n) is 12.7. The standard InChI is InChI=1S/C29H33ClFN3O4S/c1-4-17-32-29(36)26(5-2)33(19-22-12-15-24(31)16-13-22)28(35)20-34(27-18-23(30)14-11-21(27)3)39(37,38)25-9-7-6-8-10-25/h6-16,18,26H,4-5,17,19-20H2,1-3H3,(H,32,36). The number of nitrogens with zero attached hydrogens (tertiary/aromatic N) is 2. The Kier molecular flexibility index (Phi) is 10.5. The van der Waals surface area contributed by atoms with Crippen molar-refractivity contribution in [2.24, 2.45) is 0 Å². The number of hydrogen-bond acceptors (Lipinski definition) is 4. The van der Waals surface area contributed by atoms with E-state index in [0.29, 0.717) is 35.5 Å². The summed E-state index contributed by atoms with van der Waals surface area (Å²) in [6.45, 7) is 5.28. The van der Waals surface area contributed by atoms with Gasteiger partial charge in [0.15, 0.2) is 0 Å². The number of anilines is 1. The second-order valence-corrected chi connectivity index (χ2v) is 11.4. The Hall–Kier alpha value is -3.43. The fourth-order valence-corrected chi connectivity index (χ4v) is 5.81. The van der Waals surface area contributed by atoms with E-state index in [2.05, 4.69) is 5.32 Å². The van der Waals surface area contributed by atoms with Crippen molar-refractivity contribution < 1.29 is 22.4 Å². The van der Waals surface area contributed by atoms with Gasteiger partial charge in [-0.2, -0.15) is 0 Å². The van der Waals surface area contributed by atoms with Gasteiger partial charge < -0.3 is 10.2 Å². The van der Waals surface area contributed by atoms with Crippen molar-refractivity contribution in [3.8, 4) is 0 Å². The normalized spacial score (nSPS) is 12.0. The maximum Gasteiger partial charge on any atom is 0.264 e. The predicted molar refractivity (Wildman–Crippen MR) is 151 cm³/mol.